The summed E-state index contributed by atoms with van der Waals surface area (Å²) in [6.45, 7) is 0. The smallest absolute Gasteiger partial charge is 0.160 e. The van der Waals surface area contributed by atoms with Gasteiger partial charge in [0, 0.05) is 6.04 Å². The maximum absolute atomic E-state index is 6.33. The molecular weight excluding hydrogens is 250 g/mol. The Morgan fingerprint density at radius 3 is 2.45 bits per heavy atom. The molecule has 1 atom stereocenters. The predicted octanol–water partition coefficient (Wildman–Crippen LogP) is 3.54. The van der Waals surface area contributed by atoms with Gasteiger partial charge in [-0.25, -0.2) is 0 Å². The zero-order chi connectivity index (χ0) is 14.4. The van der Waals surface area contributed by atoms with Gasteiger partial charge >= 0.3 is 0 Å². The molecule has 20 heavy (non-hydrogen) atoms. The lowest BCUT2D eigenvalue weighted by Crippen LogP contribution is -2.27. The third-order valence-electron chi connectivity index (χ3n) is 4.31. The highest BCUT2D eigenvalue weighted by atomic mass is 16.5. The molecule has 0 bridgehead atoms. The summed E-state index contributed by atoms with van der Waals surface area (Å²) in [4.78, 5) is 0. The van der Waals surface area contributed by atoms with Gasteiger partial charge in [0.05, 0.1) is 14.2 Å². The summed E-state index contributed by atoms with van der Waals surface area (Å²) in [6.07, 6.45) is 8.95. The topological polar surface area (TPSA) is 44.5 Å². The van der Waals surface area contributed by atoms with Crippen LogP contribution in [0.2, 0.25) is 0 Å². The molecule has 2 rings (SSSR count). The van der Waals surface area contributed by atoms with Crippen molar-refractivity contribution in [3.63, 3.8) is 0 Å². The van der Waals surface area contributed by atoms with E-state index in [0.717, 1.165) is 30.3 Å². The third-order valence-corrected chi connectivity index (χ3v) is 4.31. The fraction of sp³-hybridized carbons (Fsp3) is 0.647. The van der Waals surface area contributed by atoms with Gasteiger partial charge in [0.2, 0.25) is 0 Å². The fourth-order valence-corrected chi connectivity index (χ4v) is 3.24. The lowest BCUT2D eigenvalue weighted by atomic mass is 9.84. The van der Waals surface area contributed by atoms with Crippen LogP contribution in [-0.2, 0) is 6.42 Å². The molecule has 0 radical (unpaired) electrons. The summed E-state index contributed by atoms with van der Waals surface area (Å²) in [5.41, 5.74) is 7.55. The molecule has 0 heterocycles. The second kappa shape index (κ2) is 7.53. The number of rotatable bonds is 6. The van der Waals surface area contributed by atoms with Gasteiger partial charge in [0.1, 0.15) is 0 Å². The van der Waals surface area contributed by atoms with E-state index in [9.17, 15) is 0 Å². The Morgan fingerprint density at radius 1 is 1.10 bits per heavy atom. The molecule has 1 aliphatic rings. The minimum atomic E-state index is 0.246. The molecule has 1 aromatic rings. The van der Waals surface area contributed by atoms with Gasteiger partial charge in [-0.2, -0.15) is 0 Å². The zero-order valence-electron chi connectivity index (χ0n) is 12.7. The largest absolute Gasteiger partial charge is 0.493 e. The number of nitrogens with two attached hydrogens (primary N) is 1. The molecule has 112 valence electrons. The Kier molecular flexibility index (Phi) is 5.72. The summed E-state index contributed by atoms with van der Waals surface area (Å²) < 4.78 is 10.6. The van der Waals surface area contributed by atoms with Crippen LogP contribution in [0, 0.1) is 5.92 Å². The van der Waals surface area contributed by atoms with Crippen LogP contribution in [0.25, 0.3) is 0 Å². The van der Waals surface area contributed by atoms with Gasteiger partial charge in [-0.3, -0.25) is 0 Å². The number of hydrogen-bond acceptors (Lipinski definition) is 3. The second-order valence-corrected chi connectivity index (χ2v) is 5.89. The van der Waals surface area contributed by atoms with Crippen molar-refractivity contribution >= 4 is 0 Å². The molecule has 0 amide bonds. The zero-order valence-corrected chi connectivity index (χ0v) is 12.7. The van der Waals surface area contributed by atoms with E-state index in [1.54, 1.807) is 14.2 Å². The molecular formula is C17H27NO2. The molecule has 1 aliphatic carbocycles. The van der Waals surface area contributed by atoms with Crippen LogP contribution >= 0.6 is 0 Å². The van der Waals surface area contributed by atoms with Gasteiger partial charge < -0.3 is 15.2 Å². The van der Waals surface area contributed by atoms with E-state index in [0.29, 0.717) is 0 Å². The lowest BCUT2D eigenvalue weighted by Gasteiger charge is -2.24. The predicted molar refractivity (Wildman–Crippen MR) is 82.4 cm³/mol. The normalized spacial score (nSPS) is 17.8. The van der Waals surface area contributed by atoms with E-state index in [4.69, 9.17) is 15.2 Å². The molecule has 1 aromatic carbocycles. The Bertz CT molecular complexity index is 413. The molecule has 0 aromatic heterocycles. The molecule has 0 aliphatic heterocycles. The maximum Gasteiger partial charge on any atom is 0.160 e. The highest BCUT2D eigenvalue weighted by Gasteiger charge is 2.17. The molecule has 1 unspecified atom stereocenters. The minimum Gasteiger partial charge on any atom is -0.493 e. The minimum absolute atomic E-state index is 0.246. The molecule has 2 N–H and O–H groups in total. The first-order valence-electron chi connectivity index (χ1n) is 7.69. The number of hydrogen-bond donors (Lipinski definition) is 1. The van der Waals surface area contributed by atoms with E-state index in [-0.39, 0.29) is 6.04 Å². The summed E-state index contributed by atoms with van der Waals surface area (Å²) in [6, 6.07) is 6.33. The van der Waals surface area contributed by atoms with E-state index in [1.807, 2.05) is 12.1 Å². The summed E-state index contributed by atoms with van der Waals surface area (Å²) in [7, 11) is 3.33. The average Bonchev–Trinajstić information content (AvgIpc) is 2.48. The molecule has 3 heteroatoms. The summed E-state index contributed by atoms with van der Waals surface area (Å²) in [5, 5.41) is 0. The van der Waals surface area contributed by atoms with Crippen LogP contribution in [0.3, 0.4) is 0 Å². The molecule has 3 nitrogen and oxygen atoms in total. The van der Waals surface area contributed by atoms with Crippen molar-refractivity contribution in [3.05, 3.63) is 23.8 Å². The van der Waals surface area contributed by atoms with Gasteiger partial charge in [-0.15, -0.1) is 0 Å². The van der Waals surface area contributed by atoms with Crippen molar-refractivity contribution in [1.29, 1.82) is 0 Å². The molecule has 1 fully saturated rings. The first-order valence-corrected chi connectivity index (χ1v) is 7.69. The van der Waals surface area contributed by atoms with E-state index < -0.39 is 0 Å². The van der Waals surface area contributed by atoms with Crippen molar-refractivity contribution in [2.45, 2.75) is 51.0 Å². The van der Waals surface area contributed by atoms with Crippen molar-refractivity contribution < 1.29 is 9.47 Å². The third kappa shape index (κ3) is 4.14. The lowest BCUT2D eigenvalue weighted by molar-refractivity contribution is 0.316. The van der Waals surface area contributed by atoms with Crippen molar-refractivity contribution in [2.24, 2.45) is 11.7 Å². The van der Waals surface area contributed by atoms with Crippen LogP contribution in [0.15, 0.2) is 18.2 Å². The van der Waals surface area contributed by atoms with Crippen LogP contribution in [0.5, 0.6) is 11.5 Å². The van der Waals surface area contributed by atoms with Crippen LogP contribution < -0.4 is 15.2 Å². The standard InChI is InChI=1S/C17H27NO2/c1-19-16-9-8-14(12-17(16)20-2)11-15(18)10-13-6-4-3-5-7-13/h8-9,12-13,15H,3-7,10-11,18H2,1-2H3. The fourth-order valence-electron chi connectivity index (χ4n) is 3.24. The van der Waals surface area contributed by atoms with Crippen LogP contribution in [0.1, 0.15) is 44.1 Å². The quantitative estimate of drug-likeness (QED) is 0.865. The maximum atomic E-state index is 6.33. The average molecular weight is 277 g/mol. The van der Waals surface area contributed by atoms with Crippen LogP contribution in [0.4, 0.5) is 0 Å². The number of methoxy groups -OCH3 is 2. The van der Waals surface area contributed by atoms with Crippen molar-refractivity contribution in [1.82, 2.24) is 0 Å². The first-order chi connectivity index (χ1) is 9.72. The molecule has 1 saturated carbocycles. The molecule has 0 spiro atoms. The summed E-state index contributed by atoms with van der Waals surface area (Å²) in [5.74, 6) is 2.39. The SMILES string of the molecule is COc1ccc(CC(N)CC2CCCCC2)cc1OC. The monoisotopic (exact) mass is 277 g/mol. The van der Waals surface area contributed by atoms with Gasteiger partial charge in [0.15, 0.2) is 11.5 Å². The number of benzene rings is 1. The van der Waals surface area contributed by atoms with Crippen LogP contribution in [-0.4, -0.2) is 20.3 Å². The highest BCUT2D eigenvalue weighted by molar-refractivity contribution is 5.43. The Morgan fingerprint density at radius 2 is 1.80 bits per heavy atom. The number of ether oxygens (including phenoxy) is 2. The van der Waals surface area contributed by atoms with Gasteiger partial charge in [0.25, 0.3) is 0 Å². The van der Waals surface area contributed by atoms with E-state index in [2.05, 4.69) is 6.07 Å². The van der Waals surface area contributed by atoms with E-state index in [1.165, 1.54) is 37.7 Å². The Hall–Kier alpha value is -1.22. The van der Waals surface area contributed by atoms with Crippen molar-refractivity contribution in [3.8, 4) is 11.5 Å². The van der Waals surface area contributed by atoms with Gasteiger partial charge in [-0.1, -0.05) is 38.2 Å². The van der Waals surface area contributed by atoms with E-state index >= 15 is 0 Å². The summed E-state index contributed by atoms with van der Waals surface area (Å²) >= 11 is 0. The highest BCUT2D eigenvalue weighted by Crippen LogP contribution is 2.30. The Labute approximate surface area is 122 Å². The second-order valence-electron chi connectivity index (χ2n) is 5.89. The first kappa shape index (κ1) is 15.2. The Balaban J connectivity index is 1.91. The molecule has 0 saturated heterocycles. The van der Waals surface area contributed by atoms with Gasteiger partial charge in [-0.05, 0) is 36.5 Å². The van der Waals surface area contributed by atoms with Crippen molar-refractivity contribution in [2.75, 3.05) is 14.2 Å².